The van der Waals surface area contributed by atoms with Gasteiger partial charge < -0.3 is 11.1 Å². The Bertz CT molecular complexity index is 300. The number of hydrogen-bond donors (Lipinski definition) is 2. The van der Waals surface area contributed by atoms with E-state index in [-0.39, 0.29) is 0 Å². The predicted molar refractivity (Wildman–Crippen MR) is 71.7 cm³/mol. The Hall–Kier alpha value is -0.830. The fourth-order valence-electron chi connectivity index (χ4n) is 1.48. The Morgan fingerprint density at radius 1 is 1.33 bits per heavy atom. The van der Waals surface area contributed by atoms with E-state index in [2.05, 4.69) is 24.6 Å². The van der Waals surface area contributed by atoms with Gasteiger partial charge in [-0.1, -0.05) is 0 Å². The Kier molecular flexibility index (Phi) is 5.40. The molecule has 0 amide bonds. The molecule has 0 saturated carbocycles. The Labute approximate surface area is 96.6 Å². The topological polar surface area (TPSA) is 38.0 Å². The summed E-state index contributed by atoms with van der Waals surface area (Å²) in [5, 5.41) is 3.43. The second kappa shape index (κ2) is 6.62. The molecule has 0 aliphatic rings. The third kappa shape index (κ3) is 4.47. The average molecular weight is 224 g/mol. The van der Waals surface area contributed by atoms with Gasteiger partial charge in [0, 0.05) is 17.9 Å². The largest absolute Gasteiger partial charge is 0.399 e. The summed E-state index contributed by atoms with van der Waals surface area (Å²) in [5.41, 5.74) is 8.95. The van der Waals surface area contributed by atoms with Crippen LogP contribution in [-0.2, 0) is 0 Å². The summed E-state index contributed by atoms with van der Waals surface area (Å²) in [7, 11) is 0. The van der Waals surface area contributed by atoms with Crippen molar-refractivity contribution in [1.82, 2.24) is 0 Å². The van der Waals surface area contributed by atoms with E-state index in [1.54, 1.807) is 0 Å². The van der Waals surface area contributed by atoms with Crippen LogP contribution in [0.25, 0.3) is 0 Å². The lowest BCUT2D eigenvalue weighted by Crippen LogP contribution is -2.03. The van der Waals surface area contributed by atoms with Crippen molar-refractivity contribution in [1.29, 1.82) is 0 Å². The minimum absolute atomic E-state index is 0.834. The molecule has 2 nitrogen and oxygen atoms in total. The summed E-state index contributed by atoms with van der Waals surface area (Å²) in [4.78, 5) is 0. The van der Waals surface area contributed by atoms with Crippen LogP contribution in [0, 0.1) is 6.92 Å². The van der Waals surface area contributed by atoms with Gasteiger partial charge in [0.25, 0.3) is 0 Å². The number of nitrogen functional groups attached to an aromatic ring is 1. The summed E-state index contributed by atoms with van der Waals surface area (Å²) >= 11 is 1.91. The van der Waals surface area contributed by atoms with Gasteiger partial charge in [0.2, 0.25) is 0 Å². The molecule has 3 heteroatoms. The van der Waals surface area contributed by atoms with Crippen molar-refractivity contribution in [2.45, 2.75) is 19.8 Å². The highest BCUT2D eigenvalue weighted by atomic mass is 32.2. The minimum Gasteiger partial charge on any atom is -0.399 e. The van der Waals surface area contributed by atoms with Gasteiger partial charge in [-0.2, -0.15) is 11.8 Å². The number of rotatable bonds is 6. The van der Waals surface area contributed by atoms with Crippen molar-refractivity contribution < 1.29 is 0 Å². The van der Waals surface area contributed by atoms with Gasteiger partial charge >= 0.3 is 0 Å². The van der Waals surface area contributed by atoms with E-state index in [4.69, 9.17) is 5.73 Å². The second-order valence-electron chi connectivity index (χ2n) is 3.70. The van der Waals surface area contributed by atoms with E-state index < -0.39 is 0 Å². The van der Waals surface area contributed by atoms with E-state index in [9.17, 15) is 0 Å². The zero-order valence-electron chi connectivity index (χ0n) is 9.55. The van der Waals surface area contributed by atoms with Gasteiger partial charge in [0.05, 0.1) is 0 Å². The zero-order chi connectivity index (χ0) is 11.1. The van der Waals surface area contributed by atoms with Crippen LogP contribution in [-0.4, -0.2) is 18.6 Å². The first-order valence-electron chi connectivity index (χ1n) is 5.33. The number of anilines is 2. The van der Waals surface area contributed by atoms with Crippen molar-refractivity contribution in [3.8, 4) is 0 Å². The lowest BCUT2D eigenvalue weighted by Gasteiger charge is -2.09. The number of aryl methyl sites for hydroxylation is 1. The van der Waals surface area contributed by atoms with Gasteiger partial charge in [-0.05, 0) is 55.5 Å². The molecule has 0 saturated heterocycles. The Morgan fingerprint density at radius 2 is 2.13 bits per heavy atom. The van der Waals surface area contributed by atoms with Crippen LogP contribution in [0.3, 0.4) is 0 Å². The number of thioether (sulfide) groups is 1. The van der Waals surface area contributed by atoms with Crippen molar-refractivity contribution in [2.24, 2.45) is 0 Å². The molecule has 3 N–H and O–H groups in total. The maximum Gasteiger partial charge on any atom is 0.0371 e. The maximum atomic E-state index is 5.69. The molecule has 0 unspecified atom stereocenters. The molecule has 84 valence electrons. The molecule has 0 aliphatic carbocycles. The molecule has 0 bridgehead atoms. The molecule has 1 aromatic carbocycles. The fourth-order valence-corrected chi connectivity index (χ4v) is 1.97. The first kappa shape index (κ1) is 12.2. The Morgan fingerprint density at radius 3 is 2.80 bits per heavy atom. The highest BCUT2D eigenvalue weighted by Gasteiger charge is 1.97. The molecule has 15 heavy (non-hydrogen) atoms. The second-order valence-corrected chi connectivity index (χ2v) is 4.69. The van der Waals surface area contributed by atoms with Crippen molar-refractivity contribution in [2.75, 3.05) is 29.6 Å². The van der Waals surface area contributed by atoms with Gasteiger partial charge in [0.15, 0.2) is 0 Å². The zero-order valence-corrected chi connectivity index (χ0v) is 10.4. The summed E-state index contributed by atoms with van der Waals surface area (Å²) < 4.78 is 0. The van der Waals surface area contributed by atoms with Crippen LogP contribution in [0.2, 0.25) is 0 Å². The lowest BCUT2D eigenvalue weighted by molar-refractivity contribution is 0.843. The highest BCUT2D eigenvalue weighted by molar-refractivity contribution is 7.98. The smallest absolute Gasteiger partial charge is 0.0371 e. The van der Waals surface area contributed by atoms with Crippen molar-refractivity contribution >= 4 is 23.1 Å². The molecule has 1 aromatic rings. The first-order chi connectivity index (χ1) is 7.24. The monoisotopic (exact) mass is 224 g/mol. The SMILES string of the molecule is CSCCCCNc1ccc(N)cc1C. The average Bonchev–Trinajstić information content (AvgIpc) is 2.20. The van der Waals surface area contributed by atoms with Crippen LogP contribution in [0.15, 0.2) is 18.2 Å². The molecular weight excluding hydrogens is 204 g/mol. The van der Waals surface area contributed by atoms with Crippen LogP contribution in [0.1, 0.15) is 18.4 Å². The number of hydrogen-bond acceptors (Lipinski definition) is 3. The summed E-state index contributed by atoms with van der Waals surface area (Å²) in [6.45, 7) is 3.13. The third-order valence-electron chi connectivity index (χ3n) is 2.34. The van der Waals surface area contributed by atoms with Gasteiger partial charge in [-0.3, -0.25) is 0 Å². The quantitative estimate of drug-likeness (QED) is 0.576. The number of benzene rings is 1. The molecule has 0 radical (unpaired) electrons. The maximum absolute atomic E-state index is 5.69. The third-order valence-corrected chi connectivity index (χ3v) is 3.04. The van der Waals surface area contributed by atoms with Crippen molar-refractivity contribution in [3.63, 3.8) is 0 Å². The summed E-state index contributed by atoms with van der Waals surface area (Å²) in [5.74, 6) is 1.25. The van der Waals surface area contributed by atoms with E-state index in [0.29, 0.717) is 0 Å². The fraction of sp³-hybridized carbons (Fsp3) is 0.500. The summed E-state index contributed by atoms with van der Waals surface area (Å²) in [6.07, 6.45) is 4.66. The highest BCUT2D eigenvalue weighted by Crippen LogP contribution is 2.17. The molecular formula is C12H20N2S. The van der Waals surface area contributed by atoms with E-state index in [1.807, 2.05) is 23.9 Å². The molecule has 0 aromatic heterocycles. The van der Waals surface area contributed by atoms with E-state index >= 15 is 0 Å². The molecule has 0 spiro atoms. The van der Waals surface area contributed by atoms with E-state index in [0.717, 1.165) is 12.2 Å². The van der Waals surface area contributed by atoms with E-state index in [1.165, 1.54) is 29.8 Å². The molecule has 0 heterocycles. The van der Waals surface area contributed by atoms with Crippen LogP contribution in [0.5, 0.6) is 0 Å². The van der Waals surface area contributed by atoms with Gasteiger partial charge in [-0.25, -0.2) is 0 Å². The molecule has 0 aliphatic heterocycles. The minimum atomic E-state index is 0.834. The lowest BCUT2D eigenvalue weighted by atomic mass is 10.2. The van der Waals surface area contributed by atoms with Crippen LogP contribution < -0.4 is 11.1 Å². The molecule has 0 fully saturated rings. The van der Waals surface area contributed by atoms with Crippen molar-refractivity contribution in [3.05, 3.63) is 23.8 Å². The normalized spacial score (nSPS) is 10.3. The Balaban J connectivity index is 2.31. The first-order valence-corrected chi connectivity index (χ1v) is 6.72. The van der Waals surface area contributed by atoms with Crippen LogP contribution >= 0.6 is 11.8 Å². The number of nitrogens with one attached hydrogen (secondary N) is 1. The predicted octanol–water partition coefficient (Wildman–Crippen LogP) is 3.13. The van der Waals surface area contributed by atoms with Crippen LogP contribution in [0.4, 0.5) is 11.4 Å². The van der Waals surface area contributed by atoms with Gasteiger partial charge in [-0.15, -0.1) is 0 Å². The molecule has 0 atom stereocenters. The number of nitrogens with two attached hydrogens (primary N) is 1. The summed E-state index contributed by atoms with van der Waals surface area (Å²) in [6, 6.07) is 6.00. The standard InChI is InChI=1S/C12H20N2S/c1-10-9-11(13)5-6-12(10)14-7-3-4-8-15-2/h5-6,9,14H,3-4,7-8,13H2,1-2H3. The number of unbranched alkanes of at least 4 members (excludes halogenated alkanes) is 1. The molecule has 1 rings (SSSR count). The van der Waals surface area contributed by atoms with Gasteiger partial charge in [0.1, 0.15) is 0 Å².